The van der Waals surface area contributed by atoms with Crippen LogP contribution in [0.5, 0.6) is 5.75 Å². The van der Waals surface area contributed by atoms with Gasteiger partial charge in [-0.25, -0.2) is 8.42 Å². The number of amides is 1. The van der Waals surface area contributed by atoms with E-state index in [4.69, 9.17) is 16.3 Å². The third-order valence-electron chi connectivity index (χ3n) is 4.52. The molecule has 0 spiro atoms. The van der Waals surface area contributed by atoms with E-state index in [0.717, 1.165) is 12.0 Å². The second kappa shape index (κ2) is 9.85. The fourth-order valence-electron chi connectivity index (χ4n) is 2.77. The van der Waals surface area contributed by atoms with E-state index < -0.39 is 10.0 Å². The van der Waals surface area contributed by atoms with Gasteiger partial charge in [0.1, 0.15) is 5.75 Å². The van der Waals surface area contributed by atoms with Crippen molar-refractivity contribution in [3.63, 3.8) is 0 Å². The molecule has 162 valence electrons. The van der Waals surface area contributed by atoms with Gasteiger partial charge < -0.3 is 10.1 Å². The Morgan fingerprint density at radius 2 is 1.61 bits per heavy atom. The topological polar surface area (TPSA) is 84.5 Å². The normalized spacial score (nSPS) is 11.1. The van der Waals surface area contributed by atoms with Crippen LogP contribution in [0.1, 0.15) is 18.1 Å². The van der Waals surface area contributed by atoms with Crippen molar-refractivity contribution in [1.29, 1.82) is 0 Å². The van der Waals surface area contributed by atoms with Gasteiger partial charge >= 0.3 is 0 Å². The highest BCUT2D eigenvalue weighted by molar-refractivity contribution is 7.92. The maximum atomic E-state index is 12.6. The summed E-state index contributed by atoms with van der Waals surface area (Å²) in [4.78, 5) is 12.1. The van der Waals surface area contributed by atoms with E-state index in [9.17, 15) is 13.2 Å². The lowest BCUT2D eigenvalue weighted by molar-refractivity contribution is -0.118. The van der Waals surface area contributed by atoms with Gasteiger partial charge in [-0.15, -0.1) is 0 Å². The summed E-state index contributed by atoms with van der Waals surface area (Å²) < 4.78 is 33.1. The number of ether oxygens (including phenoxy) is 1. The second-order valence-corrected chi connectivity index (χ2v) is 9.04. The number of anilines is 2. The highest BCUT2D eigenvalue weighted by Gasteiger charge is 2.17. The van der Waals surface area contributed by atoms with Crippen LogP contribution in [-0.2, 0) is 21.2 Å². The molecule has 0 saturated carbocycles. The van der Waals surface area contributed by atoms with E-state index in [-0.39, 0.29) is 28.2 Å². The van der Waals surface area contributed by atoms with Crippen molar-refractivity contribution in [1.82, 2.24) is 0 Å². The molecule has 3 rings (SSSR count). The number of halogens is 1. The first-order chi connectivity index (χ1) is 14.8. The monoisotopic (exact) mass is 458 g/mol. The molecule has 31 heavy (non-hydrogen) atoms. The van der Waals surface area contributed by atoms with Crippen LogP contribution >= 0.6 is 11.6 Å². The lowest BCUT2D eigenvalue weighted by Crippen LogP contribution is -2.20. The Morgan fingerprint density at radius 1 is 0.968 bits per heavy atom. The quantitative estimate of drug-likeness (QED) is 0.495. The second-order valence-electron chi connectivity index (χ2n) is 6.95. The predicted octanol–water partition coefficient (Wildman–Crippen LogP) is 5.03. The lowest BCUT2D eigenvalue weighted by Gasteiger charge is -2.12. The molecule has 0 radical (unpaired) electrons. The molecular formula is C23H23ClN2O4S. The van der Waals surface area contributed by atoms with E-state index in [0.29, 0.717) is 11.4 Å². The summed E-state index contributed by atoms with van der Waals surface area (Å²) in [5.41, 5.74) is 3.31. The Morgan fingerprint density at radius 3 is 2.23 bits per heavy atom. The molecule has 0 heterocycles. The van der Waals surface area contributed by atoms with Crippen LogP contribution in [0, 0.1) is 6.92 Å². The number of carbonyl (C=O) groups is 1. The van der Waals surface area contributed by atoms with Gasteiger partial charge in [0.25, 0.3) is 15.9 Å². The molecule has 8 heteroatoms. The van der Waals surface area contributed by atoms with Gasteiger partial charge in [-0.1, -0.05) is 48.4 Å². The van der Waals surface area contributed by atoms with Gasteiger partial charge in [-0.2, -0.15) is 0 Å². The molecule has 0 fully saturated rings. The largest absolute Gasteiger partial charge is 0.482 e. The van der Waals surface area contributed by atoms with Crippen molar-refractivity contribution in [2.24, 2.45) is 0 Å². The summed E-state index contributed by atoms with van der Waals surface area (Å²) in [7, 11) is -3.81. The molecule has 6 nitrogen and oxygen atoms in total. The number of hydrogen-bond acceptors (Lipinski definition) is 4. The molecule has 3 aromatic carbocycles. The maximum Gasteiger partial charge on any atom is 0.262 e. The molecule has 0 saturated heterocycles. The minimum atomic E-state index is -3.81. The Bertz CT molecular complexity index is 1160. The molecule has 0 unspecified atom stereocenters. The molecule has 0 aromatic heterocycles. The zero-order valence-corrected chi connectivity index (χ0v) is 18.8. The van der Waals surface area contributed by atoms with Gasteiger partial charge in [0.05, 0.1) is 9.92 Å². The van der Waals surface area contributed by atoms with Crippen LogP contribution in [-0.4, -0.2) is 20.9 Å². The molecule has 0 aliphatic carbocycles. The van der Waals surface area contributed by atoms with Crippen molar-refractivity contribution >= 4 is 38.9 Å². The molecule has 0 aliphatic heterocycles. The number of sulfonamides is 1. The standard InChI is InChI=1S/C23H23ClN2O4S/c1-3-17-6-10-18(11-7-17)25-23(27)15-30-22-13-12-20(14-21(22)24)31(28,29)26-19-8-4-16(2)5-9-19/h4-14,26H,3,15H2,1-2H3,(H,25,27). The number of carbonyl (C=O) groups excluding carboxylic acids is 1. The fraction of sp³-hybridized carbons (Fsp3) is 0.174. The van der Waals surface area contributed by atoms with E-state index >= 15 is 0 Å². The Hall–Kier alpha value is -3.03. The molecule has 3 aromatic rings. The number of aryl methyl sites for hydroxylation is 2. The number of hydrogen-bond donors (Lipinski definition) is 2. The third-order valence-corrected chi connectivity index (χ3v) is 6.20. The average Bonchev–Trinajstić information content (AvgIpc) is 2.75. The average molecular weight is 459 g/mol. The van der Waals surface area contributed by atoms with E-state index in [1.165, 1.54) is 23.8 Å². The Balaban J connectivity index is 1.61. The van der Waals surface area contributed by atoms with E-state index in [2.05, 4.69) is 17.0 Å². The number of nitrogens with one attached hydrogen (secondary N) is 2. The smallest absolute Gasteiger partial charge is 0.262 e. The van der Waals surface area contributed by atoms with Crippen LogP contribution in [0.25, 0.3) is 0 Å². The van der Waals surface area contributed by atoms with Crippen molar-refractivity contribution in [2.75, 3.05) is 16.6 Å². The van der Waals surface area contributed by atoms with E-state index in [1.54, 1.807) is 12.1 Å². The molecular weight excluding hydrogens is 436 g/mol. The van der Waals surface area contributed by atoms with Crippen molar-refractivity contribution in [2.45, 2.75) is 25.2 Å². The first kappa shape index (κ1) is 22.7. The maximum absolute atomic E-state index is 12.6. The van der Waals surface area contributed by atoms with Gasteiger partial charge in [-0.05, 0) is 61.4 Å². The molecule has 0 atom stereocenters. The van der Waals surface area contributed by atoms with Crippen molar-refractivity contribution in [3.05, 3.63) is 82.9 Å². The number of benzene rings is 3. The van der Waals surface area contributed by atoms with Crippen LogP contribution in [0.4, 0.5) is 11.4 Å². The zero-order valence-electron chi connectivity index (χ0n) is 17.2. The highest BCUT2D eigenvalue weighted by Crippen LogP contribution is 2.28. The van der Waals surface area contributed by atoms with Gasteiger partial charge in [0.2, 0.25) is 0 Å². The van der Waals surface area contributed by atoms with Gasteiger partial charge in [-0.3, -0.25) is 9.52 Å². The van der Waals surface area contributed by atoms with Crippen molar-refractivity contribution < 1.29 is 17.9 Å². The summed E-state index contributed by atoms with van der Waals surface area (Å²) in [5.74, 6) is -0.134. The van der Waals surface area contributed by atoms with Gasteiger partial charge in [0, 0.05) is 11.4 Å². The summed E-state index contributed by atoms with van der Waals surface area (Å²) in [6.07, 6.45) is 0.919. The first-order valence-corrected chi connectivity index (χ1v) is 11.5. The zero-order chi connectivity index (χ0) is 22.4. The summed E-state index contributed by atoms with van der Waals surface area (Å²) in [6, 6.07) is 18.6. The van der Waals surface area contributed by atoms with Crippen LogP contribution in [0.2, 0.25) is 5.02 Å². The molecule has 1 amide bonds. The van der Waals surface area contributed by atoms with Crippen LogP contribution in [0.15, 0.2) is 71.6 Å². The number of rotatable bonds is 8. The first-order valence-electron chi connectivity index (χ1n) is 9.67. The lowest BCUT2D eigenvalue weighted by atomic mass is 10.1. The molecule has 0 aliphatic rings. The fourth-order valence-corrected chi connectivity index (χ4v) is 4.15. The van der Waals surface area contributed by atoms with Crippen LogP contribution in [0.3, 0.4) is 0 Å². The summed E-state index contributed by atoms with van der Waals surface area (Å²) in [5, 5.41) is 2.83. The summed E-state index contributed by atoms with van der Waals surface area (Å²) >= 11 is 6.19. The van der Waals surface area contributed by atoms with Gasteiger partial charge in [0.15, 0.2) is 6.61 Å². The Kier molecular flexibility index (Phi) is 7.20. The third kappa shape index (κ3) is 6.23. The van der Waals surface area contributed by atoms with E-state index in [1.807, 2.05) is 43.3 Å². The van der Waals surface area contributed by atoms with Crippen LogP contribution < -0.4 is 14.8 Å². The predicted molar refractivity (Wildman–Crippen MR) is 123 cm³/mol. The minimum absolute atomic E-state index is 0.00843. The SMILES string of the molecule is CCc1ccc(NC(=O)COc2ccc(S(=O)(=O)Nc3ccc(C)cc3)cc2Cl)cc1. The molecule has 2 N–H and O–H groups in total. The molecule has 0 bridgehead atoms. The minimum Gasteiger partial charge on any atom is -0.482 e. The van der Waals surface area contributed by atoms with Crippen molar-refractivity contribution in [3.8, 4) is 5.75 Å². The highest BCUT2D eigenvalue weighted by atomic mass is 35.5. The summed E-state index contributed by atoms with van der Waals surface area (Å²) in [6.45, 7) is 3.71. The Labute approximate surface area is 187 Å².